The summed E-state index contributed by atoms with van der Waals surface area (Å²) in [7, 11) is 1.69. The van der Waals surface area contributed by atoms with E-state index in [2.05, 4.69) is 15.3 Å². The van der Waals surface area contributed by atoms with Crippen molar-refractivity contribution in [1.82, 2.24) is 19.1 Å². The van der Waals surface area contributed by atoms with Crippen LogP contribution in [0.4, 0.5) is 19.0 Å². The number of benzene rings is 1. The second-order valence-electron chi connectivity index (χ2n) is 8.58. The Morgan fingerprint density at radius 2 is 1.89 bits per heavy atom. The Balaban J connectivity index is 1.73. The Morgan fingerprint density at radius 1 is 1.09 bits per heavy atom. The van der Waals surface area contributed by atoms with Crippen LogP contribution in [0.2, 0.25) is 0 Å². The van der Waals surface area contributed by atoms with Gasteiger partial charge in [-0.3, -0.25) is 9.79 Å². The number of nitrogens with one attached hydrogen (secondary N) is 1. The predicted octanol–water partition coefficient (Wildman–Crippen LogP) is 4.16. The van der Waals surface area contributed by atoms with Crippen molar-refractivity contribution >= 4 is 5.82 Å². The molecule has 0 saturated heterocycles. The van der Waals surface area contributed by atoms with E-state index >= 15 is 0 Å². The van der Waals surface area contributed by atoms with Crippen LogP contribution in [-0.4, -0.2) is 25.6 Å². The lowest BCUT2D eigenvalue weighted by Gasteiger charge is -2.18. The van der Waals surface area contributed by atoms with E-state index in [9.17, 15) is 18.0 Å². The number of hydrogen-bond donors (Lipinski definition) is 1. The number of rotatable bonds is 3. The summed E-state index contributed by atoms with van der Waals surface area (Å²) in [5.41, 5.74) is 1.78. The third kappa shape index (κ3) is 4.09. The highest BCUT2D eigenvalue weighted by Gasteiger charge is 2.31. The molecule has 35 heavy (non-hydrogen) atoms. The Morgan fingerprint density at radius 3 is 2.66 bits per heavy atom. The largest absolute Gasteiger partial charge is 0.416 e. The molecule has 0 spiro atoms. The van der Waals surface area contributed by atoms with E-state index in [0.29, 0.717) is 52.5 Å². The number of anilines is 1. The van der Waals surface area contributed by atoms with Gasteiger partial charge >= 0.3 is 6.18 Å². The number of halogens is 3. The van der Waals surface area contributed by atoms with Crippen molar-refractivity contribution in [1.29, 1.82) is 0 Å². The van der Waals surface area contributed by atoms with Gasteiger partial charge in [0, 0.05) is 31.9 Å². The van der Waals surface area contributed by atoms with Crippen molar-refractivity contribution in [2.24, 2.45) is 12.0 Å². The van der Waals surface area contributed by atoms with Gasteiger partial charge in [0.2, 0.25) is 0 Å². The first kappa shape index (κ1) is 22.8. The second kappa shape index (κ2) is 8.37. The molecule has 1 unspecified atom stereocenters. The van der Waals surface area contributed by atoms with E-state index < -0.39 is 17.8 Å². The number of fused-ring (bicyclic) bond motifs is 3. The highest BCUT2D eigenvalue weighted by Crippen LogP contribution is 2.35. The fourth-order valence-corrected chi connectivity index (χ4v) is 4.38. The van der Waals surface area contributed by atoms with Gasteiger partial charge in [-0.05, 0) is 49.7 Å². The zero-order valence-corrected chi connectivity index (χ0v) is 19.4. The molecule has 0 bridgehead atoms. The fourth-order valence-electron chi connectivity index (χ4n) is 4.38. The molecule has 3 aliphatic heterocycles. The molecule has 10 heteroatoms. The van der Waals surface area contributed by atoms with Gasteiger partial charge in [-0.1, -0.05) is 12.1 Å². The van der Waals surface area contributed by atoms with Gasteiger partial charge in [0.05, 0.1) is 22.7 Å². The molecule has 4 heterocycles. The van der Waals surface area contributed by atoms with Crippen molar-refractivity contribution in [2.75, 3.05) is 11.9 Å². The number of pyridine rings is 2. The van der Waals surface area contributed by atoms with Gasteiger partial charge in [-0.2, -0.15) is 13.2 Å². The maximum atomic E-state index is 13.2. The monoisotopic (exact) mass is 480 g/mol. The van der Waals surface area contributed by atoms with E-state index in [1.54, 1.807) is 45.3 Å². The number of alkyl halides is 3. The quantitative estimate of drug-likeness (QED) is 0.478. The van der Waals surface area contributed by atoms with E-state index in [-0.39, 0.29) is 5.56 Å². The van der Waals surface area contributed by atoms with Crippen LogP contribution in [0.5, 0.6) is 0 Å². The SMILES string of the molecule is Cc1nc2n3c(c(-c4cccn(C)c4=O)cc-2c(=NC(C)c2cccc(C(F)(F)F)c2)n1)NCC3. The van der Waals surface area contributed by atoms with Crippen LogP contribution in [0.15, 0.2) is 58.4 Å². The molecule has 3 aliphatic rings. The Bertz CT molecular complexity index is 1540. The standard InChI is InChI=1S/C25H23F3N6O/c1-14(16-6-4-7-17(12-16)25(26,27)28)30-21-20-13-19(18-8-5-10-33(3)24(18)35)22-29-9-11-34(22)23(20)32-15(2)31-21/h4-8,10,12-14,29H,9,11H2,1-3H3. The van der Waals surface area contributed by atoms with E-state index in [0.717, 1.165) is 18.0 Å². The molecule has 0 aliphatic carbocycles. The maximum absolute atomic E-state index is 13.2. The smallest absolute Gasteiger partial charge is 0.369 e. The normalized spacial score (nSPS) is 14.7. The summed E-state index contributed by atoms with van der Waals surface area (Å²) in [4.78, 5) is 26.8. The lowest BCUT2D eigenvalue weighted by Crippen LogP contribution is -2.22. The minimum Gasteiger partial charge on any atom is -0.369 e. The highest BCUT2D eigenvalue weighted by molar-refractivity contribution is 5.81. The second-order valence-corrected chi connectivity index (χ2v) is 8.58. The van der Waals surface area contributed by atoms with Gasteiger partial charge < -0.3 is 14.5 Å². The topological polar surface area (TPSA) is 77.1 Å². The minimum atomic E-state index is -4.44. The predicted molar refractivity (Wildman–Crippen MR) is 126 cm³/mol. The van der Waals surface area contributed by atoms with Crippen LogP contribution in [-0.2, 0) is 19.8 Å². The molecular formula is C25H23F3N6O. The molecule has 0 fully saturated rings. The molecule has 180 valence electrons. The zero-order valence-electron chi connectivity index (χ0n) is 19.4. The molecule has 1 aromatic heterocycles. The van der Waals surface area contributed by atoms with Crippen LogP contribution in [0.25, 0.3) is 22.5 Å². The number of aryl methyl sites for hydroxylation is 2. The fraction of sp³-hybridized carbons (Fsp3) is 0.280. The molecule has 1 N–H and O–H groups in total. The summed E-state index contributed by atoms with van der Waals surface area (Å²) < 4.78 is 43.2. The van der Waals surface area contributed by atoms with Gasteiger partial charge in [0.25, 0.3) is 5.56 Å². The van der Waals surface area contributed by atoms with Crippen LogP contribution in [0.1, 0.15) is 29.9 Å². The first-order chi connectivity index (χ1) is 16.6. The van der Waals surface area contributed by atoms with Gasteiger partial charge in [0.15, 0.2) is 5.49 Å². The Hall–Kier alpha value is -3.95. The number of nitrogens with zero attached hydrogens (tertiary/aromatic N) is 5. The first-order valence-electron chi connectivity index (χ1n) is 11.2. The summed E-state index contributed by atoms with van der Waals surface area (Å²) in [5.74, 6) is 1.94. The number of aromatic nitrogens is 4. The molecule has 5 rings (SSSR count). The molecule has 1 aromatic carbocycles. The molecule has 1 atom stereocenters. The van der Waals surface area contributed by atoms with Crippen LogP contribution >= 0.6 is 0 Å². The average Bonchev–Trinajstić information content (AvgIpc) is 3.31. The minimum absolute atomic E-state index is 0.146. The number of hydrogen-bond acceptors (Lipinski definition) is 5. The summed E-state index contributed by atoms with van der Waals surface area (Å²) in [6.45, 7) is 4.81. The van der Waals surface area contributed by atoms with Crippen LogP contribution in [0, 0.1) is 6.92 Å². The van der Waals surface area contributed by atoms with Crippen molar-refractivity contribution in [2.45, 2.75) is 32.6 Å². The van der Waals surface area contributed by atoms with Crippen molar-refractivity contribution in [3.8, 4) is 22.5 Å². The molecule has 7 nitrogen and oxygen atoms in total. The van der Waals surface area contributed by atoms with Gasteiger partial charge in [0.1, 0.15) is 17.5 Å². The molecule has 0 radical (unpaired) electrons. The van der Waals surface area contributed by atoms with Crippen molar-refractivity contribution < 1.29 is 13.2 Å². The van der Waals surface area contributed by atoms with Crippen LogP contribution < -0.4 is 16.4 Å². The molecular weight excluding hydrogens is 457 g/mol. The van der Waals surface area contributed by atoms with Gasteiger partial charge in [-0.25, -0.2) is 9.97 Å². The van der Waals surface area contributed by atoms with Gasteiger partial charge in [-0.15, -0.1) is 0 Å². The Labute approximate surface area is 199 Å². The molecule has 0 amide bonds. The van der Waals surface area contributed by atoms with Crippen molar-refractivity contribution in [3.63, 3.8) is 0 Å². The average molecular weight is 480 g/mol. The summed E-state index contributed by atoms with van der Waals surface area (Å²) in [6, 6.07) is 9.98. The van der Waals surface area contributed by atoms with Crippen LogP contribution in [0.3, 0.4) is 0 Å². The molecule has 2 aromatic rings. The molecule has 0 saturated carbocycles. The van der Waals surface area contributed by atoms with E-state index in [1.165, 1.54) is 10.6 Å². The van der Waals surface area contributed by atoms with E-state index in [1.807, 2.05) is 10.6 Å². The third-order valence-electron chi connectivity index (χ3n) is 6.14. The van der Waals surface area contributed by atoms with E-state index in [4.69, 9.17) is 4.99 Å². The lowest BCUT2D eigenvalue weighted by atomic mass is 10.0. The maximum Gasteiger partial charge on any atom is 0.416 e. The summed E-state index contributed by atoms with van der Waals surface area (Å²) >= 11 is 0. The summed E-state index contributed by atoms with van der Waals surface area (Å²) in [6.07, 6.45) is -2.74. The first-order valence-corrected chi connectivity index (χ1v) is 11.2. The zero-order chi connectivity index (χ0) is 24.9. The van der Waals surface area contributed by atoms with Crippen molar-refractivity contribution in [3.05, 3.63) is 81.5 Å². The lowest BCUT2D eigenvalue weighted by molar-refractivity contribution is -0.137. The Kier molecular flexibility index (Phi) is 5.46. The highest BCUT2D eigenvalue weighted by atomic mass is 19.4. The third-order valence-corrected chi connectivity index (χ3v) is 6.14. The summed E-state index contributed by atoms with van der Waals surface area (Å²) in [5, 5.41) is 3.35.